The van der Waals surface area contributed by atoms with Gasteiger partial charge in [-0.25, -0.2) is 0 Å². The summed E-state index contributed by atoms with van der Waals surface area (Å²) in [5, 5.41) is 6.99. The molecule has 1 unspecified atom stereocenters. The fourth-order valence-corrected chi connectivity index (χ4v) is 2.21. The van der Waals surface area contributed by atoms with Crippen LogP contribution in [0.25, 0.3) is 0 Å². The molecule has 1 fully saturated rings. The van der Waals surface area contributed by atoms with E-state index in [-0.39, 0.29) is 11.8 Å². The Balaban J connectivity index is 2.33. The van der Waals surface area contributed by atoms with E-state index in [1.807, 2.05) is 27.1 Å². The Hall–Kier alpha value is -1.85. The van der Waals surface area contributed by atoms with Crippen molar-refractivity contribution in [2.75, 3.05) is 11.4 Å². The van der Waals surface area contributed by atoms with Crippen LogP contribution in [0.5, 0.6) is 0 Å². The maximum atomic E-state index is 12.4. The molecule has 6 nitrogen and oxygen atoms in total. The zero-order valence-corrected chi connectivity index (χ0v) is 10.9. The number of anilines is 1. The van der Waals surface area contributed by atoms with Crippen LogP contribution in [0.15, 0.2) is 6.20 Å². The molecule has 0 saturated carbocycles. The van der Waals surface area contributed by atoms with Crippen molar-refractivity contribution >= 4 is 17.5 Å². The summed E-state index contributed by atoms with van der Waals surface area (Å²) in [6, 6.07) is -0.431. The Labute approximate surface area is 106 Å². The van der Waals surface area contributed by atoms with Gasteiger partial charge in [-0.1, -0.05) is 6.92 Å². The average molecular weight is 250 g/mol. The Morgan fingerprint density at radius 3 is 2.78 bits per heavy atom. The third kappa shape index (κ3) is 2.23. The molecule has 1 aliphatic heterocycles. The standard InChI is InChI=1S/C12H18N4O2/c1-4-9-12(18)16(6-5-11(17)13-9)10-7-15(3)14-8(10)2/h7,9H,4-6H2,1-3H3,(H,13,17). The number of carbonyl (C=O) groups is 2. The summed E-state index contributed by atoms with van der Waals surface area (Å²) in [4.78, 5) is 25.6. The van der Waals surface area contributed by atoms with Crippen molar-refractivity contribution in [2.45, 2.75) is 32.7 Å². The molecular weight excluding hydrogens is 232 g/mol. The molecule has 1 aliphatic rings. The van der Waals surface area contributed by atoms with Crippen LogP contribution in [0.2, 0.25) is 0 Å². The van der Waals surface area contributed by atoms with Crippen molar-refractivity contribution in [3.05, 3.63) is 11.9 Å². The van der Waals surface area contributed by atoms with Gasteiger partial charge in [-0.15, -0.1) is 0 Å². The zero-order chi connectivity index (χ0) is 13.3. The predicted octanol–water partition coefficient (Wildman–Crippen LogP) is 0.360. The third-order valence-electron chi connectivity index (χ3n) is 3.15. The second-order valence-corrected chi connectivity index (χ2v) is 4.54. The summed E-state index contributed by atoms with van der Waals surface area (Å²) in [6.07, 6.45) is 2.74. The number of aryl methyl sites for hydroxylation is 2. The van der Waals surface area contributed by atoms with Crippen LogP contribution in [0.1, 0.15) is 25.5 Å². The van der Waals surface area contributed by atoms with Gasteiger partial charge >= 0.3 is 0 Å². The second kappa shape index (κ2) is 4.80. The van der Waals surface area contributed by atoms with Crippen LogP contribution in [0.4, 0.5) is 5.69 Å². The summed E-state index contributed by atoms with van der Waals surface area (Å²) in [6.45, 7) is 4.17. The molecule has 1 saturated heterocycles. The minimum Gasteiger partial charge on any atom is -0.344 e. The average Bonchev–Trinajstić information content (AvgIpc) is 2.57. The zero-order valence-electron chi connectivity index (χ0n) is 10.9. The first-order chi connectivity index (χ1) is 8.52. The van der Waals surface area contributed by atoms with E-state index in [0.717, 1.165) is 11.4 Å². The van der Waals surface area contributed by atoms with E-state index in [4.69, 9.17) is 0 Å². The normalized spacial score (nSPS) is 20.8. The number of nitrogens with zero attached hydrogens (tertiary/aromatic N) is 3. The largest absolute Gasteiger partial charge is 0.344 e. The monoisotopic (exact) mass is 250 g/mol. The second-order valence-electron chi connectivity index (χ2n) is 4.54. The lowest BCUT2D eigenvalue weighted by molar-refractivity contribution is -0.125. The molecule has 0 bridgehead atoms. The Bertz CT molecular complexity index is 480. The van der Waals surface area contributed by atoms with Crippen LogP contribution in [-0.4, -0.2) is 34.2 Å². The van der Waals surface area contributed by atoms with Crippen LogP contribution in [0.3, 0.4) is 0 Å². The molecule has 0 spiro atoms. The maximum Gasteiger partial charge on any atom is 0.249 e. The number of amides is 2. The molecule has 2 rings (SSSR count). The van der Waals surface area contributed by atoms with E-state index in [1.165, 1.54) is 0 Å². The lowest BCUT2D eigenvalue weighted by Crippen LogP contribution is -2.44. The molecule has 0 radical (unpaired) electrons. The number of carbonyl (C=O) groups excluding carboxylic acids is 2. The fourth-order valence-electron chi connectivity index (χ4n) is 2.21. The first kappa shape index (κ1) is 12.6. The summed E-state index contributed by atoms with van der Waals surface area (Å²) >= 11 is 0. The summed E-state index contributed by atoms with van der Waals surface area (Å²) < 4.78 is 1.68. The minimum atomic E-state index is -0.431. The van der Waals surface area contributed by atoms with Crippen molar-refractivity contribution in [3.8, 4) is 0 Å². The molecule has 1 aromatic rings. The maximum absolute atomic E-state index is 12.4. The molecular formula is C12H18N4O2. The molecule has 1 aromatic heterocycles. The van der Waals surface area contributed by atoms with Crippen LogP contribution in [-0.2, 0) is 16.6 Å². The van der Waals surface area contributed by atoms with Crippen LogP contribution >= 0.6 is 0 Å². The lowest BCUT2D eigenvalue weighted by Gasteiger charge is -2.22. The summed E-state index contributed by atoms with van der Waals surface area (Å²) in [7, 11) is 1.82. The van der Waals surface area contributed by atoms with E-state index < -0.39 is 6.04 Å². The topological polar surface area (TPSA) is 67.2 Å². The smallest absolute Gasteiger partial charge is 0.249 e. The summed E-state index contributed by atoms with van der Waals surface area (Å²) in [5.41, 5.74) is 1.59. The predicted molar refractivity (Wildman–Crippen MR) is 67.1 cm³/mol. The van der Waals surface area contributed by atoms with Gasteiger partial charge in [0.15, 0.2) is 0 Å². The molecule has 18 heavy (non-hydrogen) atoms. The number of aromatic nitrogens is 2. The van der Waals surface area contributed by atoms with Gasteiger partial charge < -0.3 is 10.2 Å². The highest BCUT2D eigenvalue weighted by Gasteiger charge is 2.30. The molecule has 0 aliphatic carbocycles. The van der Waals surface area contributed by atoms with Gasteiger partial charge in [0.2, 0.25) is 11.8 Å². The van der Waals surface area contributed by atoms with Crippen molar-refractivity contribution in [2.24, 2.45) is 7.05 Å². The van der Waals surface area contributed by atoms with Gasteiger partial charge in [0.1, 0.15) is 6.04 Å². The molecule has 98 valence electrons. The Morgan fingerprint density at radius 1 is 1.50 bits per heavy atom. The van der Waals surface area contributed by atoms with E-state index in [9.17, 15) is 9.59 Å². The highest BCUT2D eigenvalue weighted by Crippen LogP contribution is 2.21. The molecule has 0 aromatic carbocycles. The Morgan fingerprint density at radius 2 is 2.22 bits per heavy atom. The van der Waals surface area contributed by atoms with Crippen molar-refractivity contribution in [1.82, 2.24) is 15.1 Å². The Kier molecular flexibility index (Phi) is 3.36. The summed E-state index contributed by atoms with van der Waals surface area (Å²) in [5.74, 6) is -0.126. The SMILES string of the molecule is CCC1NC(=O)CCN(c2cn(C)nc2C)C1=O. The van der Waals surface area contributed by atoms with Gasteiger partial charge in [0.25, 0.3) is 0 Å². The number of hydrogen-bond donors (Lipinski definition) is 1. The fraction of sp³-hybridized carbons (Fsp3) is 0.583. The van der Waals surface area contributed by atoms with E-state index >= 15 is 0 Å². The van der Waals surface area contributed by atoms with Crippen LogP contribution < -0.4 is 10.2 Å². The molecule has 2 amide bonds. The van der Waals surface area contributed by atoms with E-state index in [2.05, 4.69) is 10.4 Å². The number of hydrogen-bond acceptors (Lipinski definition) is 3. The van der Waals surface area contributed by atoms with Crippen molar-refractivity contribution < 1.29 is 9.59 Å². The highest BCUT2D eigenvalue weighted by molar-refractivity contribution is 6.01. The molecule has 1 atom stereocenters. The molecule has 2 heterocycles. The van der Waals surface area contributed by atoms with Gasteiger partial charge in [-0.05, 0) is 13.3 Å². The van der Waals surface area contributed by atoms with E-state index in [0.29, 0.717) is 19.4 Å². The van der Waals surface area contributed by atoms with Gasteiger partial charge in [0.05, 0.1) is 11.4 Å². The number of rotatable bonds is 2. The van der Waals surface area contributed by atoms with Crippen LogP contribution in [0, 0.1) is 6.92 Å². The van der Waals surface area contributed by atoms with Gasteiger partial charge in [-0.2, -0.15) is 5.10 Å². The van der Waals surface area contributed by atoms with Crippen molar-refractivity contribution in [3.63, 3.8) is 0 Å². The highest BCUT2D eigenvalue weighted by atomic mass is 16.2. The van der Waals surface area contributed by atoms with E-state index in [1.54, 1.807) is 9.58 Å². The first-order valence-corrected chi connectivity index (χ1v) is 6.14. The molecule has 6 heteroatoms. The minimum absolute atomic E-state index is 0.0561. The molecule has 1 N–H and O–H groups in total. The lowest BCUT2D eigenvalue weighted by atomic mass is 10.2. The van der Waals surface area contributed by atoms with Gasteiger partial charge in [0, 0.05) is 26.2 Å². The third-order valence-corrected chi connectivity index (χ3v) is 3.15. The quantitative estimate of drug-likeness (QED) is 0.824. The number of nitrogens with one attached hydrogen (secondary N) is 1. The van der Waals surface area contributed by atoms with Crippen molar-refractivity contribution in [1.29, 1.82) is 0 Å². The van der Waals surface area contributed by atoms with Gasteiger partial charge in [-0.3, -0.25) is 14.3 Å². The first-order valence-electron chi connectivity index (χ1n) is 6.14.